The Morgan fingerprint density at radius 3 is 2.46 bits per heavy atom. The molecule has 6 heteroatoms. The van der Waals surface area contributed by atoms with Gasteiger partial charge in [0.1, 0.15) is 5.75 Å². The van der Waals surface area contributed by atoms with E-state index in [0.29, 0.717) is 24.9 Å². The summed E-state index contributed by atoms with van der Waals surface area (Å²) in [4.78, 5) is 17.4. The van der Waals surface area contributed by atoms with Crippen molar-refractivity contribution in [2.45, 2.75) is 52.3 Å². The van der Waals surface area contributed by atoms with Crippen LogP contribution in [0.2, 0.25) is 0 Å². The first-order chi connectivity index (χ1) is 17.9. The molecule has 0 bridgehead atoms. The van der Waals surface area contributed by atoms with Crippen molar-refractivity contribution < 1.29 is 14.3 Å². The Balaban J connectivity index is 1.58. The standard InChI is InChI=1S/C31H45N3O3/c1-24(2)23-37-30-18-20-34(31(35)32-21-27-13-15-28(36-5)16-14-27)19-17-29(30)33(4)22-25(3)11-12-26-9-7-6-8-10-26/h6-16,24-25,29-30H,17-23H2,1-5H3,(H,32,35)/b12-11+/t25-,29+,30+/m1/s1. The van der Waals surface area contributed by atoms with Gasteiger partial charge >= 0.3 is 6.03 Å². The average molecular weight is 508 g/mol. The summed E-state index contributed by atoms with van der Waals surface area (Å²) in [5.41, 5.74) is 2.28. The second-order valence-electron chi connectivity index (χ2n) is 10.6. The van der Waals surface area contributed by atoms with Gasteiger partial charge in [0.2, 0.25) is 0 Å². The van der Waals surface area contributed by atoms with Crippen LogP contribution in [0.15, 0.2) is 60.7 Å². The lowest BCUT2D eigenvalue weighted by Crippen LogP contribution is -2.44. The fourth-order valence-electron chi connectivity index (χ4n) is 4.80. The third-order valence-corrected chi connectivity index (χ3v) is 6.90. The van der Waals surface area contributed by atoms with E-state index in [9.17, 15) is 4.79 Å². The molecule has 2 amide bonds. The molecule has 1 aliphatic rings. The van der Waals surface area contributed by atoms with Crippen LogP contribution < -0.4 is 10.1 Å². The van der Waals surface area contributed by atoms with Gasteiger partial charge in [-0.05, 0) is 55.0 Å². The van der Waals surface area contributed by atoms with Gasteiger partial charge in [-0.15, -0.1) is 0 Å². The van der Waals surface area contributed by atoms with E-state index >= 15 is 0 Å². The van der Waals surface area contributed by atoms with Gasteiger partial charge in [0, 0.05) is 38.8 Å². The maximum atomic E-state index is 13.0. The SMILES string of the molecule is COc1ccc(CNC(=O)N2CC[C@H](OCC(C)C)[C@@H](N(C)C[C@H](C)/C=C/c3ccccc3)CC2)cc1. The highest BCUT2D eigenvalue weighted by Gasteiger charge is 2.32. The topological polar surface area (TPSA) is 54.0 Å². The van der Waals surface area contributed by atoms with Gasteiger partial charge in [0.25, 0.3) is 0 Å². The number of amides is 2. The van der Waals surface area contributed by atoms with Crippen molar-refractivity contribution in [3.05, 3.63) is 71.8 Å². The minimum absolute atomic E-state index is 0.0131. The number of benzene rings is 2. The minimum atomic E-state index is -0.0131. The van der Waals surface area contributed by atoms with Crippen molar-refractivity contribution in [1.82, 2.24) is 15.1 Å². The van der Waals surface area contributed by atoms with Crippen LogP contribution in [0.1, 0.15) is 44.7 Å². The zero-order chi connectivity index (χ0) is 26.6. The molecule has 2 aromatic rings. The first-order valence-electron chi connectivity index (χ1n) is 13.6. The van der Waals surface area contributed by atoms with Crippen LogP contribution in [-0.2, 0) is 11.3 Å². The summed E-state index contributed by atoms with van der Waals surface area (Å²) in [5.74, 6) is 1.70. The number of ether oxygens (including phenoxy) is 2. The number of nitrogens with one attached hydrogen (secondary N) is 1. The predicted molar refractivity (Wildman–Crippen MR) is 152 cm³/mol. The van der Waals surface area contributed by atoms with Crippen LogP contribution in [0.25, 0.3) is 6.08 Å². The summed E-state index contributed by atoms with van der Waals surface area (Å²) in [5, 5.41) is 3.09. The molecule has 1 saturated heterocycles. The van der Waals surface area contributed by atoms with Gasteiger partial charge in [0.15, 0.2) is 0 Å². The number of rotatable bonds is 11. The molecule has 0 radical (unpaired) electrons. The average Bonchev–Trinajstić information content (AvgIpc) is 3.13. The molecule has 3 atom stereocenters. The second kappa shape index (κ2) is 14.8. The van der Waals surface area contributed by atoms with Crippen molar-refractivity contribution in [3.8, 4) is 5.75 Å². The quantitative estimate of drug-likeness (QED) is 0.424. The molecule has 1 fully saturated rings. The van der Waals surface area contributed by atoms with E-state index in [1.165, 1.54) is 5.56 Å². The molecule has 1 aliphatic heterocycles. The Bertz CT molecular complexity index is 961. The molecular weight excluding hydrogens is 462 g/mol. The number of methoxy groups -OCH3 is 1. The molecule has 37 heavy (non-hydrogen) atoms. The summed E-state index contributed by atoms with van der Waals surface area (Å²) in [7, 11) is 3.85. The van der Waals surface area contributed by atoms with Crippen LogP contribution in [-0.4, -0.2) is 68.4 Å². The van der Waals surface area contributed by atoms with Crippen molar-refractivity contribution in [2.75, 3.05) is 40.4 Å². The molecule has 6 nitrogen and oxygen atoms in total. The molecule has 202 valence electrons. The first-order valence-corrected chi connectivity index (χ1v) is 13.6. The Morgan fingerprint density at radius 1 is 1.08 bits per heavy atom. The number of urea groups is 1. The highest BCUT2D eigenvalue weighted by molar-refractivity contribution is 5.74. The lowest BCUT2D eigenvalue weighted by atomic mass is 10.0. The second-order valence-corrected chi connectivity index (χ2v) is 10.6. The number of carbonyl (C=O) groups is 1. The van der Waals surface area contributed by atoms with E-state index in [2.05, 4.69) is 74.5 Å². The van der Waals surface area contributed by atoms with Gasteiger partial charge in [-0.1, -0.05) is 75.4 Å². The van der Waals surface area contributed by atoms with Gasteiger partial charge in [-0.25, -0.2) is 4.79 Å². The lowest BCUT2D eigenvalue weighted by molar-refractivity contribution is -0.0219. The smallest absolute Gasteiger partial charge is 0.317 e. The Labute approximate surface area is 223 Å². The zero-order valence-corrected chi connectivity index (χ0v) is 23.2. The van der Waals surface area contributed by atoms with Crippen LogP contribution in [0.3, 0.4) is 0 Å². The van der Waals surface area contributed by atoms with Gasteiger partial charge in [-0.2, -0.15) is 0 Å². The molecule has 3 rings (SSSR count). The highest BCUT2D eigenvalue weighted by atomic mass is 16.5. The van der Waals surface area contributed by atoms with E-state index in [1.54, 1.807) is 7.11 Å². The number of likely N-dealkylation sites (tertiary alicyclic amines) is 1. The maximum absolute atomic E-state index is 13.0. The third kappa shape index (κ3) is 9.52. The number of likely N-dealkylation sites (N-methyl/N-ethyl adjacent to an activating group) is 1. The van der Waals surface area contributed by atoms with E-state index in [-0.39, 0.29) is 18.2 Å². The van der Waals surface area contributed by atoms with Crippen LogP contribution in [0.4, 0.5) is 4.79 Å². The molecule has 1 heterocycles. The Kier molecular flexibility index (Phi) is 11.5. The summed E-state index contributed by atoms with van der Waals surface area (Å²) in [6.45, 7) is 10.2. The van der Waals surface area contributed by atoms with Crippen molar-refractivity contribution in [1.29, 1.82) is 0 Å². The van der Waals surface area contributed by atoms with Crippen LogP contribution in [0.5, 0.6) is 5.75 Å². The number of hydrogen-bond donors (Lipinski definition) is 1. The summed E-state index contributed by atoms with van der Waals surface area (Å²) < 4.78 is 11.6. The molecule has 1 N–H and O–H groups in total. The van der Waals surface area contributed by atoms with Gasteiger partial charge in [0.05, 0.1) is 13.2 Å². The maximum Gasteiger partial charge on any atom is 0.317 e. The number of carbonyl (C=O) groups excluding carboxylic acids is 1. The molecule has 0 aliphatic carbocycles. The third-order valence-electron chi connectivity index (χ3n) is 6.90. The summed E-state index contributed by atoms with van der Waals surface area (Å²) in [6, 6.07) is 18.5. The number of nitrogens with zero attached hydrogens (tertiary/aromatic N) is 2. The van der Waals surface area contributed by atoms with Gasteiger partial charge in [-0.3, -0.25) is 0 Å². The molecule has 0 aromatic heterocycles. The molecule has 2 aromatic carbocycles. The molecule has 0 unspecified atom stereocenters. The summed E-state index contributed by atoms with van der Waals surface area (Å²) in [6.07, 6.45) is 6.33. The van der Waals surface area contributed by atoms with Crippen molar-refractivity contribution >= 4 is 12.1 Å². The van der Waals surface area contributed by atoms with Crippen molar-refractivity contribution in [3.63, 3.8) is 0 Å². The van der Waals surface area contributed by atoms with Crippen molar-refractivity contribution in [2.24, 2.45) is 11.8 Å². The van der Waals surface area contributed by atoms with E-state index in [4.69, 9.17) is 9.47 Å². The van der Waals surface area contributed by atoms with Crippen LogP contribution >= 0.6 is 0 Å². The highest BCUT2D eigenvalue weighted by Crippen LogP contribution is 2.22. The largest absolute Gasteiger partial charge is 0.497 e. The zero-order valence-electron chi connectivity index (χ0n) is 23.2. The minimum Gasteiger partial charge on any atom is -0.497 e. The first kappa shape index (κ1) is 28.7. The number of hydrogen-bond acceptors (Lipinski definition) is 4. The Morgan fingerprint density at radius 2 is 1.78 bits per heavy atom. The summed E-state index contributed by atoms with van der Waals surface area (Å²) >= 11 is 0. The van der Waals surface area contributed by atoms with Gasteiger partial charge < -0.3 is 24.6 Å². The van der Waals surface area contributed by atoms with E-state index in [0.717, 1.165) is 43.9 Å². The van der Waals surface area contributed by atoms with E-state index in [1.807, 2.05) is 35.2 Å². The van der Waals surface area contributed by atoms with E-state index < -0.39 is 0 Å². The molecule has 0 spiro atoms. The fourth-order valence-corrected chi connectivity index (χ4v) is 4.80. The Hall–Kier alpha value is -2.83. The lowest BCUT2D eigenvalue weighted by Gasteiger charge is -2.34. The fraction of sp³-hybridized carbons (Fsp3) is 0.516. The molecular formula is C31H45N3O3. The molecule has 0 saturated carbocycles. The predicted octanol–water partition coefficient (Wildman–Crippen LogP) is 5.69. The normalized spacial score (nSPS) is 19.3. The van der Waals surface area contributed by atoms with Crippen LogP contribution in [0, 0.1) is 11.8 Å². The monoisotopic (exact) mass is 507 g/mol.